The molecule has 0 saturated carbocycles. The van der Waals surface area contributed by atoms with E-state index in [4.69, 9.17) is 5.73 Å². The molecule has 1 unspecified atom stereocenters. The van der Waals surface area contributed by atoms with Crippen molar-refractivity contribution < 1.29 is 4.39 Å². The minimum absolute atomic E-state index is 0.0723. The van der Waals surface area contributed by atoms with E-state index in [0.717, 1.165) is 16.7 Å². The molecule has 0 radical (unpaired) electrons. The van der Waals surface area contributed by atoms with Crippen LogP contribution >= 0.6 is 27.3 Å². The number of likely N-dealkylation sites (N-methyl/N-ethyl adjacent to an activating group) is 1. The number of hydrogen-bond acceptors (Lipinski definition) is 3. The Kier molecular flexibility index (Phi) is 4.96. The van der Waals surface area contributed by atoms with Crippen LogP contribution in [0.3, 0.4) is 0 Å². The summed E-state index contributed by atoms with van der Waals surface area (Å²) < 4.78 is 14.4. The molecule has 0 amide bonds. The SMILES string of the molecule is CCN(c1cccc(F)c1)C(CN)c1cc(Br)cs1. The third-order valence-corrected chi connectivity index (χ3v) is 4.79. The van der Waals surface area contributed by atoms with Crippen molar-refractivity contribution in [1.82, 2.24) is 0 Å². The lowest BCUT2D eigenvalue weighted by Crippen LogP contribution is -2.33. The van der Waals surface area contributed by atoms with E-state index in [-0.39, 0.29) is 11.9 Å². The average molecular weight is 343 g/mol. The summed E-state index contributed by atoms with van der Waals surface area (Å²) in [5.74, 6) is -0.223. The van der Waals surface area contributed by atoms with Crippen molar-refractivity contribution in [1.29, 1.82) is 0 Å². The molecule has 2 N–H and O–H groups in total. The Morgan fingerprint density at radius 3 is 2.74 bits per heavy atom. The molecule has 1 aromatic heterocycles. The molecule has 0 aliphatic carbocycles. The fourth-order valence-electron chi connectivity index (χ4n) is 2.14. The molecule has 1 heterocycles. The highest BCUT2D eigenvalue weighted by atomic mass is 79.9. The summed E-state index contributed by atoms with van der Waals surface area (Å²) >= 11 is 5.12. The molecule has 1 atom stereocenters. The molecule has 19 heavy (non-hydrogen) atoms. The highest BCUT2D eigenvalue weighted by Crippen LogP contribution is 2.32. The molecule has 0 aliphatic heterocycles. The van der Waals surface area contributed by atoms with Gasteiger partial charge >= 0.3 is 0 Å². The van der Waals surface area contributed by atoms with Gasteiger partial charge in [0.15, 0.2) is 0 Å². The van der Waals surface area contributed by atoms with Gasteiger partial charge in [0.2, 0.25) is 0 Å². The van der Waals surface area contributed by atoms with Gasteiger partial charge in [0.1, 0.15) is 5.82 Å². The predicted molar refractivity (Wildman–Crippen MR) is 83.2 cm³/mol. The van der Waals surface area contributed by atoms with Crippen molar-refractivity contribution in [3.8, 4) is 0 Å². The molecule has 0 bridgehead atoms. The summed E-state index contributed by atoms with van der Waals surface area (Å²) in [6.45, 7) is 3.33. The monoisotopic (exact) mass is 342 g/mol. The first-order valence-electron chi connectivity index (χ1n) is 6.12. The topological polar surface area (TPSA) is 29.3 Å². The second-order valence-electron chi connectivity index (χ2n) is 4.18. The smallest absolute Gasteiger partial charge is 0.125 e. The lowest BCUT2D eigenvalue weighted by molar-refractivity contribution is 0.618. The van der Waals surface area contributed by atoms with Crippen LogP contribution in [0.4, 0.5) is 10.1 Å². The van der Waals surface area contributed by atoms with Crippen LogP contribution in [0.1, 0.15) is 17.8 Å². The van der Waals surface area contributed by atoms with Gasteiger partial charge in [-0.3, -0.25) is 0 Å². The van der Waals surface area contributed by atoms with Crippen LogP contribution in [-0.2, 0) is 0 Å². The Morgan fingerprint density at radius 2 is 2.21 bits per heavy atom. The largest absolute Gasteiger partial charge is 0.363 e. The predicted octanol–water partition coefficient (Wildman–Crippen LogP) is 4.18. The molecule has 1 aromatic carbocycles. The van der Waals surface area contributed by atoms with Gasteiger partial charge < -0.3 is 10.6 Å². The van der Waals surface area contributed by atoms with E-state index in [2.05, 4.69) is 33.8 Å². The number of hydrogen-bond donors (Lipinski definition) is 1. The average Bonchev–Trinajstić information content (AvgIpc) is 2.82. The number of benzene rings is 1. The highest BCUT2D eigenvalue weighted by molar-refractivity contribution is 9.10. The number of thiophene rings is 1. The van der Waals surface area contributed by atoms with Crippen molar-refractivity contribution in [2.45, 2.75) is 13.0 Å². The maximum absolute atomic E-state index is 13.4. The molecule has 0 saturated heterocycles. The lowest BCUT2D eigenvalue weighted by atomic mass is 10.1. The van der Waals surface area contributed by atoms with Crippen LogP contribution in [-0.4, -0.2) is 13.1 Å². The number of nitrogens with two attached hydrogens (primary N) is 1. The summed E-state index contributed by atoms with van der Waals surface area (Å²) in [7, 11) is 0. The summed E-state index contributed by atoms with van der Waals surface area (Å²) in [6, 6.07) is 8.79. The summed E-state index contributed by atoms with van der Waals surface area (Å²) in [4.78, 5) is 3.31. The number of halogens is 2. The van der Waals surface area contributed by atoms with Crippen LogP contribution in [0.2, 0.25) is 0 Å². The zero-order chi connectivity index (χ0) is 13.8. The molecule has 102 valence electrons. The van der Waals surface area contributed by atoms with E-state index in [9.17, 15) is 4.39 Å². The van der Waals surface area contributed by atoms with E-state index in [1.165, 1.54) is 10.9 Å². The fraction of sp³-hybridized carbons (Fsp3) is 0.286. The van der Waals surface area contributed by atoms with Gasteiger partial charge in [0.05, 0.1) is 6.04 Å². The molecule has 2 nitrogen and oxygen atoms in total. The highest BCUT2D eigenvalue weighted by Gasteiger charge is 2.20. The number of nitrogens with zero attached hydrogens (tertiary/aromatic N) is 1. The van der Waals surface area contributed by atoms with Crippen molar-refractivity contribution in [2.75, 3.05) is 18.0 Å². The van der Waals surface area contributed by atoms with Crippen LogP contribution < -0.4 is 10.6 Å². The van der Waals surface area contributed by atoms with Gasteiger partial charge in [-0.1, -0.05) is 6.07 Å². The van der Waals surface area contributed by atoms with E-state index in [0.29, 0.717) is 6.54 Å². The second-order valence-corrected chi connectivity index (χ2v) is 6.04. The van der Waals surface area contributed by atoms with Gasteiger partial charge in [0, 0.05) is 33.5 Å². The summed E-state index contributed by atoms with van der Waals surface area (Å²) in [5, 5.41) is 2.04. The standard InChI is InChI=1S/C14H16BrFN2S/c1-2-18(12-5-3-4-11(16)7-12)13(8-17)14-6-10(15)9-19-14/h3-7,9,13H,2,8,17H2,1H3. The minimum Gasteiger partial charge on any atom is -0.363 e. The van der Waals surface area contributed by atoms with E-state index in [1.807, 2.05) is 11.4 Å². The van der Waals surface area contributed by atoms with Gasteiger partial charge in [-0.2, -0.15) is 0 Å². The number of rotatable bonds is 5. The maximum Gasteiger partial charge on any atom is 0.125 e. The molecular weight excluding hydrogens is 327 g/mol. The van der Waals surface area contributed by atoms with Crippen LogP contribution in [0, 0.1) is 5.82 Å². The Balaban J connectivity index is 2.33. The first-order chi connectivity index (χ1) is 9.15. The van der Waals surface area contributed by atoms with Crippen LogP contribution in [0.25, 0.3) is 0 Å². The molecule has 2 aromatic rings. The van der Waals surface area contributed by atoms with E-state index < -0.39 is 0 Å². The Labute approximate surface area is 125 Å². The summed E-state index contributed by atoms with van der Waals surface area (Å²) in [5.41, 5.74) is 6.79. The Morgan fingerprint density at radius 1 is 1.42 bits per heavy atom. The Bertz CT molecular complexity index is 544. The second kappa shape index (κ2) is 6.50. The van der Waals surface area contributed by atoms with E-state index >= 15 is 0 Å². The number of anilines is 1. The Hall–Kier alpha value is -0.910. The van der Waals surface area contributed by atoms with Crippen LogP contribution in [0.15, 0.2) is 40.2 Å². The van der Waals surface area contributed by atoms with Crippen molar-refractivity contribution in [3.63, 3.8) is 0 Å². The van der Waals surface area contributed by atoms with Crippen molar-refractivity contribution >= 4 is 33.0 Å². The molecule has 0 spiro atoms. The first kappa shape index (κ1) is 14.5. The molecule has 5 heteroatoms. The maximum atomic E-state index is 13.4. The van der Waals surface area contributed by atoms with Gasteiger partial charge in [-0.05, 0) is 47.1 Å². The molecule has 0 aliphatic rings. The van der Waals surface area contributed by atoms with Gasteiger partial charge in [-0.15, -0.1) is 11.3 Å². The third-order valence-electron chi connectivity index (χ3n) is 3.00. The summed E-state index contributed by atoms with van der Waals surface area (Å²) in [6.07, 6.45) is 0. The first-order valence-corrected chi connectivity index (χ1v) is 7.79. The van der Waals surface area contributed by atoms with Crippen LogP contribution in [0.5, 0.6) is 0 Å². The lowest BCUT2D eigenvalue weighted by Gasteiger charge is -2.31. The van der Waals surface area contributed by atoms with Gasteiger partial charge in [-0.25, -0.2) is 4.39 Å². The fourth-order valence-corrected chi connectivity index (χ4v) is 3.71. The quantitative estimate of drug-likeness (QED) is 0.883. The zero-order valence-electron chi connectivity index (χ0n) is 10.6. The molecule has 2 rings (SSSR count). The van der Waals surface area contributed by atoms with Crippen molar-refractivity contribution in [2.24, 2.45) is 5.73 Å². The molecular formula is C14H16BrFN2S. The van der Waals surface area contributed by atoms with E-state index in [1.54, 1.807) is 23.5 Å². The van der Waals surface area contributed by atoms with Crippen molar-refractivity contribution in [3.05, 3.63) is 50.9 Å². The van der Waals surface area contributed by atoms with Gasteiger partial charge in [0.25, 0.3) is 0 Å². The zero-order valence-corrected chi connectivity index (χ0v) is 13.0. The third kappa shape index (κ3) is 3.35. The minimum atomic E-state index is -0.223. The normalized spacial score (nSPS) is 12.4. The molecule has 0 fully saturated rings.